The van der Waals surface area contributed by atoms with Crippen LogP contribution in [0.15, 0.2) is 23.1 Å². The van der Waals surface area contributed by atoms with Crippen LogP contribution in [0.1, 0.15) is 32.1 Å². The van der Waals surface area contributed by atoms with Gasteiger partial charge in [-0.3, -0.25) is 4.79 Å². The Bertz CT molecular complexity index is 687. The second-order valence-electron chi connectivity index (χ2n) is 5.94. The van der Waals surface area contributed by atoms with E-state index in [4.69, 9.17) is 28.9 Å². The molecule has 1 aromatic rings. The monoisotopic (exact) mass is 429 g/mol. The first-order chi connectivity index (χ1) is 11.3. The highest BCUT2D eigenvalue weighted by molar-refractivity contribution is 7.89. The number of sulfonamides is 1. The molecule has 1 amide bonds. The van der Waals surface area contributed by atoms with E-state index < -0.39 is 10.0 Å². The third-order valence-corrected chi connectivity index (χ3v) is 6.60. The van der Waals surface area contributed by atoms with Gasteiger partial charge in [-0.2, -0.15) is 0 Å². The Balaban J connectivity index is 0.00000312. The van der Waals surface area contributed by atoms with E-state index in [1.54, 1.807) is 6.07 Å². The van der Waals surface area contributed by atoms with Gasteiger partial charge in [-0.1, -0.05) is 42.1 Å². The molecule has 10 heteroatoms. The van der Waals surface area contributed by atoms with Crippen LogP contribution in [-0.4, -0.2) is 33.0 Å². The third-order valence-electron chi connectivity index (χ3n) is 4.19. The number of hydrogen-bond donors (Lipinski definition) is 3. The van der Waals surface area contributed by atoms with Crippen molar-refractivity contribution < 1.29 is 13.2 Å². The zero-order valence-electron chi connectivity index (χ0n) is 13.6. The lowest BCUT2D eigenvalue weighted by molar-refractivity contribution is -0.122. The van der Waals surface area contributed by atoms with Crippen molar-refractivity contribution in [2.75, 3.05) is 13.1 Å². The fourth-order valence-electron chi connectivity index (χ4n) is 2.90. The van der Waals surface area contributed by atoms with E-state index in [1.165, 1.54) is 12.1 Å². The highest BCUT2D eigenvalue weighted by Crippen LogP contribution is 2.29. The maximum Gasteiger partial charge on any atom is 0.243 e. The summed E-state index contributed by atoms with van der Waals surface area (Å²) in [7, 11) is -3.88. The number of halogens is 3. The number of nitrogens with two attached hydrogens (primary N) is 1. The summed E-state index contributed by atoms with van der Waals surface area (Å²) >= 11 is 11.8. The maximum absolute atomic E-state index is 12.3. The summed E-state index contributed by atoms with van der Waals surface area (Å²) < 4.78 is 26.9. The zero-order valence-corrected chi connectivity index (χ0v) is 16.7. The topological polar surface area (TPSA) is 101 Å². The molecule has 2 rings (SSSR count). The Morgan fingerprint density at radius 1 is 1.20 bits per heavy atom. The molecule has 0 aromatic heterocycles. The smallest absolute Gasteiger partial charge is 0.243 e. The van der Waals surface area contributed by atoms with Gasteiger partial charge < -0.3 is 11.1 Å². The van der Waals surface area contributed by atoms with Gasteiger partial charge in [-0.05, 0) is 25.0 Å². The predicted molar refractivity (Wildman–Crippen MR) is 102 cm³/mol. The highest BCUT2D eigenvalue weighted by atomic mass is 35.5. The lowest BCUT2D eigenvalue weighted by atomic mass is 9.97. The van der Waals surface area contributed by atoms with Gasteiger partial charge in [0.05, 0.1) is 15.6 Å². The number of amides is 1. The SMILES string of the molecule is Cl.NCC1(NC(=O)CCNS(=O)(=O)c2c(Cl)cccc2Cl)CCCC1. The van der Waals surface area contributed by atoms with Gasteiger partial charge in [-0.25, -0.2) is 13.1 Å². The fourth-order valence-corrected chi connectivity index (χ4v) is 5.07. The van der Waals surface area contributed by atoms with E-state index in [0.717, 1.165) is 25.7 Å². The Kier molecular flexibility index (Phi) is 8.44. The minimum absolute atomic E-state index is 0. The maximum atomic E-state index is 12.3. The van der Waals surface area contributed by atoms with Gasteiger partial charge in [0.15, 0.2) is 0 Å². The molecule has 0 heterocycles. The molecule has 25 heavy (non-hydrogen) atoms. The Morgan fingerprint density at radius 2 is 1.76 bits per heavy atom. The van der Waals surface area contributed by atoms with E-state index in [-0.39, 0.29) is 51.8 Å². The van der Waals surface area contributed by atoms with Crippen molar-refractivity contribution >= 4 is 51.5 Å². The number of hydrogen-bond acceptors (Lipinski definition) is 4. The first-order valence-electron chi connectivity index (χ1n) is 7.74. The number of carbonyl (C=O) groups is 1. The number of carbonyl (C=O) groups excluding carboxylic acids is 1. The van der Waals surface area contributed by atoms with Crippen molar-refractivity contribution in [1.82, 2.24) is 10.0 Å². The lowest BCUT2D eigenvalue weighted by Crippen LogP contribution is -2.52. The summed E-state index contributed by atoms with van der Waals surface area (Å²) in [5.41, 5.74) is 5.42. The largest absolute Gasteiger partial charge is 0.349 e. The van der Waals surface area contributed by atoms with Gasteiger partial charge in [0.25, 0.3) is 0 Å². The van der Waals surface area contributed by atoms with E-state index in [1.807, 2.05) is 0 Å². The van der Waals surface area contributed by atoms with E-state index in [9.17, 15) is 13.2 Å². The summed E-state index contributed by atoms with van der Waals surface area (Å²) in [4.78, 5) is 11.9. The average molecular weight is 431 g/mol. The molecule has 6 nitrogen and oxygen atoms in total. The molecule has 0 saturated heterocycles. The van der Waals surface area contributed by atoms with Crippen molar-refractivity contribution in [3.8, 4) is 0 Å². The van der Waals surface area contributed by atoms with Crippen LogP contribution in [0.5, 0.6) is 0 Å². The van der Waals surface area contributed by atoms with Crippen molar-refractivity contribution in [3.63, 3.8) is 0 Å². The number of nitrogens with one attached hydrogen (secondary N) is 2. The minimum atomic E-state index is -3.88. The van der Waals surface area contributed by atoms with Gasteiger partial charge in [0, 0.05) is 19.5 Å². The summed E-state index contributed by atoms with van der Waals surface area (Å²) in [5, 5.41) is 3.01. The number of benzene rings is 1. The van der Waals surface area contributed by atoms with Crippen molar-refractivity contribution in [1.29, 1.82) is 0 Å². The fraction of sp³-hybridized carbons (Fsp3) is 0.533. The summed E-state index contributed by atoms with van der Waals surface area (Å²) in [6, 6.07) is 4.45. The lowest BCUT2D eigenvalue weighted by Gasteiger charge is -2.28. The summed E-state index contributed by atoms with van der Waals surface area (Å²) in [6.45, 7) is 0.343. The molecule has 0 bridgehead atoms. The standard InChI is InChI=1S/C15H21Cl2N3O3S.ClH/c16-11-4-3-5-12(17)14(11)24(22,23)19-9-6-13(21)20-15(10-18)7-1-2-8-15;/h3-5,19H,1-2,6-10,18H2,(H,20,21);1H. The second-order valence-corrected chi connectivity index (χ2v) is 8.46. The van der Waals surface area contributed by atoms with Crippen LogP contribution < -0.4 is 15.8 Å². The van der Waals surface area contributed by atoms with E-state index >= 15 is 0 Å². The van der Waals surface area contributed by atoms with E-state index in [2.05, 4.69) is 10.0 Å². The molecule has 0 spiro atoms. The quantitative estimate of drug-likeness (QED) is 0.618. The molecule has 4 N–H and O–H groups in total. The first-order valence-corrected chi connectivity index (χ1v) is 9.98. The van der Waals surface area contributed by atoms with Gasteiger partial charge in [0.1, 0.15) is 4.90 Å². The molecule has 1 aliphatic carbocycles. The summed E-state index contributed by atoms with van der Waals surface area (Å²) in [6.07, 6.45) is 3.81. The molecule has 1 fully saturated rings. The Morgan fingerprint density at radius 3 is 2.28 bits per heavy atom. The molecule has 0 aliphatic heterocycles. The molecule has 0 radical (unpaired) electrons. The van der Waals surface area contributed by atoms with Crippen LogP contribution >= 0.6 is 35.6 Å². The molecule has 142 valence electrons. The minimum Gasteiger partial charge on any atom is -0.349 e. The summed E-state index contributed by atoms with van der Waals surface area (Å²) in [5.74, 6) is -0.227. The molecule has 1 aliphatic rings. The first kappa shape index (κ1) is 22.5. The Labute approximate surface area is 164 Å². The number of rotatable bonds is 7. The molecule has 0 atom stereocenters. The van der Waals surface area contributed by atoms with Gasteiger partial charge in [0.2, 0.25) is 15.9 Å². The predicted octanol–water partition coefficient (Wildman–Crippen LogP) is 2.47. The van der Waals surface area contributed by atoms with Crippen LogP contribution in [0, 0.1) is 0 Å². The normalized spacial score (nSPS) is 16.3. The molecular formula is C15H22Cl3N3O3S. The van der Waals surface area contributed by atoms with Crippen molar-refractivity contribution in [2.24, 2.45) is 5.73 Å². The van der Waals surface area contributed by atoms with Crippen molar-refractivity contribution in [3.05, 3.63) is 28.2 Å². The second kappa shape index (κ2) is 9.39. The third kappa shape index (κ3) is 5.70. The Hall–Kier alpha value is -0.570. The van der Waals surface area contributed by atoms with Crippen LogP contribution in [0.4, 0.5) is 0 Å². The van der Waals surface area contributed by atoms with Crippen molar-refractivity contribution in [2.45, 2.75) is 42.5 Å². The van der Waals surface area contributed by atoms with Gasteiger partial charge >= 0.3 is 0 Å². The van der Waals surface area contributed by atoms with Crippen LogP contribution in [0.3, 0.4) is 0 Å². The van der Waals surface area contributed by atoms with Crippen LogP contribution in [0.2, 0.25) is 10.0 Å². The van der Waals surface area contributed by atoms with E-state index in [0.29, 0.717) is 6.54 Å². The zero-order chi connectivity index (χ0) is 17.8. The van der Waals surface area contributed by atoms with Crippen LogP contribution in [-0.2, 0) is 14.8 Å². The highest BCUT2D eigenvalue weighted by Gasteiger charge is 2.33. The molecular weight excluding hydrogens is 409 g/mol. The average Bonchev–Trinajstić information content (AvgIpc) is 2.95. The van der Waals surface area contributed by atoms with Gasteiger partial charge in [-0.15, -0.1) is 12.4 Å². The molecule has 0 unspecified atom stereocenters. The van der Waals surface area contributed by atoms with Crippen LogP contribution in [0.25, 0.3) is 0 Å². The molecule has 1 aromatic carbocycles. The molecule has 1 saturated carbocycles.